The third-order valence-electron chi connectivity index (χ3n) is 6.23. The molecular formula is C23H29ClN6O4. The number of nitrogens with zero attached hydrogens (tertiary/aromatic N) is 3. The van der Waals surface area contributed by atoms with Crippen LogP contribution in [-0.4, -0.2) is 59.1 Å². The zero-order valence-electron chi connectivity index (χ0n) is 19.0. The molecule has 11 heteroatoms. The number of methoxy groups -OCH3 is 1. The molecule has 1 aliphatic carbocycles. The van der Waals surface area contributed by atoms with Gasteiger partial charge < -0.3 is 31.1 Å². The number of hydrogen-bond donors (Lipinski definition) is 4. The number of ether oxygens (including phenoxy) is 1. The van der Waals surface area contributed by atoms with Crippen LogP contribution in [0.1, 0.15) is 49.0 Å². The molecule has 1 amide bonds. The molecule has 0 unspecified atom stereocenters. The summed E-state index contributed by atoms with van der Waals surface area (Å²) in [6.07, 6.45) is 3.65. The van der Waals surface area contributed by atoms with Gasteiger partial charge in [0.05, 0.1) is 18.9 Å². The van der Waals surface area contributed by atoms with E-state index in [1.54, 1.807) is 13.2 Å². The molecule has 1 aliphatic heterocycles. The van der Waals surface area contributed by atoms with Crippen molar-refractivity contribution in [1.29, 1.82) is 0 Å². The number of hydrogen-bond acceptors (Lipinski definition) is 9. The van der Waals surface area contributed by atoms with Gasteiger partial charge in [0, 0.05) is 37.7 Å². The van der Waals surface area contributed by atoms with Crippen LogP contribution >= 0.6 is 11.6 Å². The average Bonchev–Trinajstić information content (AvgIpc) is 2.82. The number of aliphatic hydroxyl groups is 1. The summed E-state index contributed by atoms with van der Waals surface area (Å²) in [5.41, 5.74) is 6.96. The Bertz CT molecular complexity index is 1060. The highest BCUT2D eigenvalue weighted by atomic mass is 35.5. The number of nitrogens with two attached hydrogens (primary N) is 1. The minimum Gasteiger partial charge on any atom is -0.495 e. The summed E-state index contributed by atoms with van der Waals surface area (Å²) in [7, 11) is 1.60. The highest BCUT2D eigenvalue weighted by Crippen LogP contribution is 2.35. The molecule has 10 nitrogen and oxygen atoms in total. The number of carbonyl (C=O) groups is 2. The van der Waals surface area contributed by atoms with Gasteiger partial charge in [-0.1, -0.05) is 11.6 Å². The van der Waals surface area contributed by atoms with Crippen LogP contribution in [0.3, 0.4) is 0 Å². The first-order valence-corrected chi connectivity index (χ1v) is 11.8. The maximum atomic E-state index is 12.1. The van der Waals surface area contributed by atoms with Crippen LogP contribution in [0.5, 0.6) is 5.75 Å². The molecule has 1 aromatic carbocycles. The predicted octanol–water partition coefficient (Wildman–Crippen LogP) is 2.87. The average molecular weight is 489 g/mol. The Morgan fingerprint density at radius 1 is 1.18 bits per heavy atom. The molecule has 34 heavy (non-hydrogen) atoms. The number of rotatable bonds is 7. The lowest BCUT2D eigenvalue weighted by Crippen LogP contribution is -2.34. The third kappa shape index (κ3) is 5.51. The van der Waals surface area contributed by atoms with Crippen LogP contribution in [0.15, 0.2) is 18.2 Å². The molecule has 2 heterocycles. The van der Waals surface area contributed by atoms with Gasteiger partial charge in [-0.05, 0) is 43.9 Å². The van der Waals surface area contributed by atoms with E-state index in [0.717, 1.165) is 18.5 Å². The smallest absolute Gasteiger partial charge is 0.271 e. The highest BCUT2D eigenvalue weighted by Gasteiger charge is 2.24. The number of Topliss-reactive ketones (excluding diaryl/α,β-unsaturated/α-hetero) is 1. The van der Waals surface area contributed by atoms with Crippen LogP contribution < -0.4 is 26.0 Å². The van der Waals surface area contributed by atoms with Gasteiger partial charge in [-0.25, -0.2) is 9.97 Å². The fourth-order valence-electron chi connectivity index (χ4n) is 4.33. The van der Waals surface area contributed by atoms with Crippen molar-refractivity contribution in [3.8, 4) is 5.75 Å². The molecule has 1 saturated carbocycles. The molecule has 5 N–H and O–H groups in total. The molecule has 0 atom stereocenters. The minimum absolute atomic E-state index is 0.0545. The lowest BCUT2D eigenvalue weighted by atomic mass is 9.93. The fraction of sp³-hybridized carbons (Fsp3) is 0.478. The van der Waals surface area contributed by atoms with Crippen molar-refractivity contribution in [2.75, 3.05) is 35.7 Å². The summed E-state index contributed by atoms with van der Waals surface area (Å²) >= 11 is 6.30. The van der Waals surface area contributed by atoms with Gasteiger partial charge in [0.15, 0.2) is 22.5 Å². The largest absolute Gasteiger partial charge is 0.495 e. The highest BCUT2D eigenvalue weighted by molar-refractivity contribution is 6.32. The first-order chi connectivity index (χ1) is 16.3. The van der Waals surface area contributed by atoms with Gasteiger partial charge in [0.25, 0.3) is 5.91 Å². The van der Waals surface area contributed by atoms with E-state index in [1.165, 1.54) is 0 Å². The quantitative estimate of drug-likeness (QED) is 0.462. The Kier molecular flexibility index (Phi) is 7.38. The second-order valence-electron chi connectivity index (χ2n) is 8.61. The first kappa shape index (κ1) is 24.0. The summed E-state index contributed by atoms with van der Waals surface area (Å²) in [4.78, 5) is 34.5. The van der Waals surface area contributed by atoms with Crippen molar-refractivity contribution >= 4 is 46.3 Å². The number of primary amides is 1. The van der Waals surface area contributed by atoms with E-state index in [4.69, 9.17) is 22.1 Å². The van der Waals surface area contributed by atoms with E-state index in [2.05, 4.69) is 25.5 Å². The van der Waals surface area contributed by atoms with Crippen molar-refractivity contribution < 1.29 is 19.4 Å². The number of benzene rings is 1. The number of ketones is 1. The number of amides is 1. The zero-order chi connectivity index (χ0) is 24.2. The van der Waals surface area contributed by atoms with Gasteiger partial charge in [0.1, 0.15) is 11.5 Å². The normalized spacial score (nSPS) is 20.7. The van der Waals surface area contributed by atoms with Crippen molar-refractivity contribution in [2.24, 2.45) is 5.73 Å². The van der Waals surface area contributed by atoms with Crippen LogP contribution in [0.2, 0.25) is 5.15 Å². The Hall–Kier alpha value is -3.11. The van der Waals surface area contributed by atoms with E-state index >= 15 is 0 Å². The van der Waals surface area contributed by atoms with Crippen molar-refractivity contribution in [2.45, 2.75) is 50.7 Å². The topological polar surface area (TPSA) is 143 Å². The monoisotopic (exact) mass is 488 g/mol. The summed E-state index contributed by atoms with van der Waals surface area (Å²) in [5.74, 6) is 0.699. The summed E-state index contributed by atoms with van der Waals surface area (Å²) < 4.78 is 5.52. The fourth-order valence-corrected chi connectivity index (χ4v) is 4.51. The van der Waals surface area contributed by atoms with Gasteiger partial charge in [-0.3, -0.25) is 9.59 Å². The maximum absolute atomic E-state index is 12.1. The van der Waals surface area contributed by atoms with E-state index in [9.17, 15) is 14.7 Å². The summed E-state index contributed by atoms with van der Waals surface area (Å²) in [5, 5.41) is 16.2. The number of halogens is 1. The molecule has 0 bridgehead atoms. The number of aliphatic hydroxyl groups excluding tert-OH is 1. The van der Waals surface area contributed by atoms with Crippen molar-refractivity contribution in [3.05, 3.63) is 29.0 Å². The molecule has 2 aliphatic rings. The number of piperidine rings is 1. The Morgan fingerprint density at radius 3 is 2.53 bits per heavy atom. The maximum Gasteiger partial charge on any atom is 0.271 e. The molecule has 182 valence electrons. The third-order valence-corrected chi connectivity index (χ3v) is 6.49. The molecule has 4 rings (SSSR count). The standard InChI is InChI=1S/C23H29ClN6O4/c1-34-18-7-4-14(12-17(18)30-10-8-16(32)9-11-30)27-22-19(21(25)33)28-20(24)23(29-22)26-13-2-5-15(31)6-3-13/h4,7,12-13,15,31H,2-3,5-6,8-11H2,1H3,(H2,25,33)(H2,26,27,29)/t13-,15-. The second-order valence-corrected chi connectivity index (χ2v) is 8.97. The van der Waals surface area contributed by atoms with Crippen LogP contribution in [0, 0.1) is 0 Å². The van der Waals surface area contributed by atoms with E-state index < -0.39 is 5.91 Å². The lowest BCUT2D eigenvalue weighted by molar-refractivity contribution is -0.119. The number of nitrogens with one attached hydrogen (secondary N) is 2. The van der Waals surface area contributed by atoms with Crippen molar-refractivity contribution in [1.82, 2.24) is 9.97 Å². The summed E-state index contributed by atoms with van der Waals surface area (Å²) in [6.45, 7) is 1.21. The SMILES string of the molecule is COc1ccc(Nc2nc(N[C@H]3CC[C@H](O)CC3)c(Cl)nc2C(N)=O)cc1N1CCC(=O)CC1. The minimum atomic E-state index is -0.757. The van der Waals surface area contributed by atoms with Gasteiger partial charge in [-0.15, -0.1) is 0 Å². The number of anilines is 4. The molecular weight excluding hydrogens is 460 g/mol. The molecule has 2 aromatic rings. The van der Waals surface area contributed by atoms with Gasteiger partial charge in [-0.2, -0.15) is 0 Å². The van der Waals surface area contributed by atoms with Crippen molar-refractivity contribution in [3.63, 3.8) is 0 Å². The van der Waals surface area contributed by atoms with Crippen LogP contribution in [-0.2, 0) is 4.79 Å². The molecule has 1 aromatic heterocycles. The number of aromatic nitrogens is 2. The van der Waals surface area contributed by atoms with E-state index in [-0.39, 0.29) is 34.6 Å². The Labute approximate surface area is 202 Å². The van der Waals surface area contributed by atoms with E-state index in [1.807, 2.05) is 12.1 Å². The van der Waals surface area contributed by atoms with Crippen LogP contribution in [0.25, 0.3) is 0 Å². The Balaban J connectivity index is 1.61. The summed E-state index contributed by atoms with van der Waals surface area (Å²) in [6, 6.07) is 5.59. The molecule has 1 saturated heterocycles. The molecule has 2 fully saturated rings. The first-order valence-electron chi connectivity index (χ1n) is 11.4. The lowest BCUT2D eigenvalue weighted by Gasteiger charge is -2.30. The van der Waals surface area contributed by atoms with E-state index in [0.29, 0.717) is 56.0 Å². The Morgan fingerprint density at radius 2 is 1.88 bits per heavy atom. The molecule has 0 spiro atoms. The van der Waals surface area contributed by atoms with Gasteiger partial charge >= 0.3 is 0 Å². The number of carbonyl (C=O) groups excluding carboxylic acids is 2. The predicted molar refractivity (Wildman–Crippen MR) is 130 cm³/mol. The molecule has 0 radical (unpaired) electrons. The second kappa shape index (κ2) is 10.4. The zero-order valence-corrected chi connectivity index (χ0v) is 19.8. The van der Waals surface area contributed by atoms with Gasteiger partial charge in [0.2, 0.25) is 0 Å². The van der Waals surface area contributed by atoms with Crippen LogP contribution in [0.4, 0.5) is 23.0 Å².